The van der Waals surface area contributed by atoms with Gasteiger partial charge in [-0.15, -0.1) is 11.3 Å². The molecule has 5 rings (SSSR count). The van der Waals surface area contributed by atoms with Crippen LogP contribution in [0.4, 0.5) is 4.39 Å². The number of halogens is 1. The van der Waals surface area contributed by atoms with Gasteiger partial charge in [-0.1, -0.05) is 0 Å². The van der Waals surface area contributed by atoms with Crippen LogP contribution in [-0.2, 0) is 21.4 Å². The number of hydrogen-bond donors (Lipinski definition) is 1. The summed E-state index contributed by atoms with van der Waals surface area (Å²) in [5.74, 6) is 0.119. The quantitative estimate of drug-likeness (QED) is 0.252. The second-order valence-electron chi connectivity index (χ2n) is 8.78. The maximum absolute atomic E-state index is 13.1. The smallest absolute Gasteiger partial charge is 0.240 e. The minimum atomic E-state index is -3.75. The number of methoxy groups -OCH3 is 1. The summed E-state index contributed by atoms with van der Waals surface area (Å²) in [6.45, 7) is 4.55. The van der Waals surface area contributed by atoms with Gasteiger partial charge in [0.05, 0.1) is 44.6 Å². The molecule has 196 valence electrons. The Morgan fingerprint density at radius 1 is 1.03 bits per heavy atom. The summed E-state index contributed by atoms with van der Waals surface area (Å²) < 4.78 is 52.3. The van der Waals surface area contributed by atoms with Crippen molar-refractivity contribution < 1.29 is 22.3 Å². The van der Waals surface area contributed by atoms with Gasteiger partial charge in [0.15, 0.2) is 0 Å². The second-order valence-corrected chi connectivity index (χ2v) is 11.6. The molecule has 0 saturated heterocycles. The average Bonchev–Trinajstić information content (AvgIpc) is 3.31. The van der Waals surface area contributed by atoms with Crippen LogP contribution in [0.3, 0.4) is 0 Å². The molecule has 0 aliphatic heterocycles. The lowest BCUT2D eigenvalue weighted by molar-refractivity contribution is 0.181. The first kappa shape index (κ1) is 26.1. The predicted molar refractivity (Wildman–Crippen MR) is 145 cm³/mol. The fourth-order valence-corrected chi connectivity index (χ4v) is 6.19. The summed E-state index contributed by atoms with van der Waals surface area (Å²) in [5.41, 5.74) is 6.10. The van der Waals surface area contributed by atoms with E-state index in [-0.39, 0.29) is 18.0 Å². The largest absolute Gasteiger partial charge is 0.492 e. The van der Waals surface area contributed by atoms with E-state index in [4.69, 9.17) is 14.5 Å². The van der Waals surface area contributed by atoms with Crippen LogP contribution in [0.1, 0.15) is 16.8 Å². The van der Waals surface area contributed by atoms with Crippen molar-refractivity contribution in [2.45, 2.75) is 25.3 Å². The molecule has 8 nitrogen and oxygen atoms in total. The summed E-state index contributed by atoms with van der Waals surface area (Å²) >= 11 is 1.53. The van der Waals surface area contributed by atoms with Crippen molar-refractivity contribution in [2.24, 2.45) is 0 Å². The SMILES string of the molecule is COCc1cnc2c(-c3nc4c(C)cc(OCCNS(=O)(=O)c5ccc(F)cc5)cc4s3)cc(C)cc2n1. The zero-order valence-corrected chi connectivity index (χ0v) is 22.6. The highest BCUT2D eigenvalue weighted by Gasteiger charge is 2.16. The lowest BCUT2D eigenvalue weighted by Crippen LogP contribution is -2.28. The van der Waals surface area contributed by atoms with Crippen molar-refractivity contribution in [1.82, 2.24) is 19.7 Å². The molecule has 0 fully saturated rings. The summed E-state index contributed by atoms with van der Waals surface area (Å²) in [6, 6.07) is 12.5. The number of aryl methyl sites for hydroxylation is 2. The average molecular weight is 553 g/mol. The van der Waals surface area contributed by atoms with E-state index in [1.54, 1.807) is 13.3 Å². The Hall–Kier alpha value is -3.51. The van der Waals surface area contributed by atoms with Crippen molar-refractivity contribution in [2.75, 3.05) is 20.3 Å². The van der Waals surface area contributed by atoms with Crippen molar-refractivity contribution >= 4 is 42.6 Å². The topological polar surface area (TPSA) is 103 Å². The Balaban J connectivity index is 1.35. The fraction of sp³-hybridized carbons (Fsp3) is 0.222. The molecule has 2 heterocycles. The number of rotatable bonds is 9. The van der Waals surface area contributed by atoms with E-state index in [0.717, 1.165) is 60.8 Å². The van der Waals surface area contributed by atoms with Gasteiger partial charge in [0.25, 0.3) is 0 Å². The first-order valence-corrected chi connectivity index (χ1v) is 14.1. The number of thiazole rings is 1. The van der Waals surface area contributed by atoms with Gasteiger partial charge < -0.3 is 9.47 Å². The number of nitrogens with zero attached hydrogens (tertiary/aromatic N) is 3. The third kappa shape index (κ3) is 5.51. The van der Waals surface area contributed by atoms with E-state index in [0.29, 0.717) is 12.4 Å². The van der Waals surface area contributed by atoms with Crippen molar-refractivity contribution in [3.05, 3.63) is 77.4 Å². The molecule has 0 unspecified atom stereocenters. The molecule has 0 atom stereocenters. The Morgan fingerprint density at radius 2 is 1.82 bits per heavy atom. The summed E-state index contributed by atoms with van der Waals surface area (Å²) in [7, 11) is -2.13. The zero-order chi connectivity index (χ0) is 26.9. The lowest BCUT2D eigenvalue weighted by atomic mass is 10.1. The van der Waals surface area contributed by atoms with Crippen LogP contribution in [0.25, 0.3) is 31.8 Å². The predicted octanol–water partition coefficient (Wildman–Crippen LogP) is 5.17. The molecule has 0 aliphatic carbocycles. The summed E-state index contributed by atoms with van der Waals surface area (Å²) in [5, 5.41) is 0.829. The second kappa shape index (κ2) is 10.7. The van der Waals surface area contributed by atoms with E-state index in [9.17, 15) is 12.8 Å². The van der Waals surface area contributed by atoms with E-state index in [1.165, 1.54) is 23.5 Å². The minimum absolute atomic E-state index is 0.00311. The molecule has 3 aromatic carbocycles. The van der Waals surface area contributed by atoms with E-state index < -0.39 is 15.8 Å². The molecule has 0 amide bonds. The summed E-state index contributed by atoms with van der Waals surface area (Å²) in [6.07, 6.45) is 1.72. The number of ether oxygens (including phenoxy) is 2. The number of hydrogen-bond acceptors (Lipinski definition) is 8. The Kier molecular flexibility index (Phi) is 7.35. The number of sulfonamides is 1. The molecular weight excluding hydrogens is 527 g/mol. The summed E-state index contributed by atoms with van der Waals surface area (Å²) in [4.78, 5) is 14.2. The maximum atomic E-state index is 13.1. The highest BCUT2D eigenvalue weighted by atomic mass is 32.2. The van der Waals surface area contributed by atoms with Crippen LogP contribution < -0.4 is 9.46 Å². The molecule has 38 heavy (non-hydrogen) atoms. The first-order chi connectivity index (χ1) is 18.2. The molecule has 0 spiro atoms. The minimum Gasteiger partial charge on any atom is -0.492 e. The van der Waals surface area contributed by atoms with Crippen LogP contribution >= 0.6 is 11.3 Å². The van der Waals surface area contributed by atoms with Crippen LogP contribution in [0.2, 0.25) is 0 Å². The first-order valence-electron chi connectivity index (χ1n) is 11.8. The number of fused-ring (bicyclic) bond motifs is 2. The Labute approximate surface area is 223 Å². The number of aromatic nitrogens is 3. The van der Waals surface area contributed by atoms with Gasteiger partial charge >= 0.3 is 0 Å². The number of benzene rings is 3. The Morgan fingerprint density at radius 3 is 2.58 bits per heavy atom. The Bertz CT molecular complexity index is 1740. The third-order valence-electron chi connectivity index (χ3n) is 5.81. The standard InChI is InChI=1S/C27H25FN4O4S2/c1-16-10-22(26-23(11-16)31-19(14-29-26)15-35-3)27-32-25-17(2)12-20(13-24(25)37-27)36-9-8-30-38(33,34)21-6-4-18(28)5-7-21/h4-7,10-14,30H,8-9,15H2,1-3H3. The van der Waals surface area contributed by atoms with E-state index in [2.05, 4.69) is 20.8 Å². The van der Waals surface area contributed by atoms with Crippen LogP contribution in [0.5, 0.6) is 5.75 Å². The normalized spacial score (nSPS) is 11.9. The number of nitrogens with one attached hydrogen (secondary N) is 1. The fourth-order valence-electron chi connectivity index (χ4n) is 4.09. The van der Waals surface area contributed by atoms with E-state index in [1.807, 2.05) is 32.0 Å². The highest BCUT2D eigenvalue weighted by Crippen LogP contribution is 2.37. The third-order valence-corrected chi connectivity index (χ3v) is 8.32. The van der Waals surface area contributed by atoms with Crippen molar-refractivity contribution in [1.29, 1.82) is 0 Å². The maximum Gasteiger partial charge on any atom is 0.240 e. The molecule has 0 radical (unpaired) electrons. The molecule has 2 aromatic heterocycles. The lowest BCUT2D eigenvalue weighted by Gasteiger charge is -2.09. The molecule has 11 heteroatoms. The van der Waals surface area contributed by atoms with Crippen molar-refractivity contribution in [3.63, 3.8) is 0 Å². The van der Waals surface area contributed by atoms with Crippen LogP contribution in [0.15, 0.2) is 59.6 Å². The van der Waals surface area contributed by atoms with Gasteiger partial charge in [-0.05, 0) is 73.5 Å². The van der Waals surface area contributed by atoms with Crippen LogP contribution in [-0.4, -0.2) is 43.6 Å². The zero-order valence-electron chi connectivity index (χ0n) is 21.0. The van der Waals surface area contributed by atoms with Gasteiger partial charge in [0, 0.05) is 19.2 Å². The molecule has 5 aromatic rings. The van der Waals surface area contributed by atoms with Crippen LogP contribution in [0, 0.1) is 19.7 Å². The van der Waals surface area contributed by atoms with Gasteiger partial charge in [0.1, 0.15) is 23.2 Å². The highest BCUT2D eigenvalue weighted by molar-refractivity contribution is 7.89. The van der Waals surface area contributed by atoms with Gasteiger partial charge in [-0.3, -0.25) is 4.98 Å². The van der Waals surface area contributed by atoms with Gasteiger partial charge in [0.2, 0.25) is 10.0 Å². The van der Waals surface area contributed by atoms with E-state index >= 15 is 0 Å². The van der Waals surface area contributed by atoms with Gasteiger partial charge in [-0.2, -0.15) is 0 Å². The molecule has 0 bridgehead atoms. The van der Waals surface area contributed by atoms with Gasteiger partial charge in [-0.25, -0.2) is 27.5 Å². The molecule has 1 N–H and O–H groups in total. The molecule has 0 saturated carbocycles. The monoisotopic (exact) mass is 552 g/mol. The molecular formula is C27H25FN4O4S2. The van der Waals surface area contributed by atoms with Crippen molar-refractivity contribution in [3.8, 4) is 16.3 Å². The molecule has 0 aliphatic rings.